The van der Waals surface area contributed by atoms with E-state index in [1.54, 1.807) is 43.5 Å². The van der Waals surface area contributed by atoms with Crippen LogP contribution in [0.4, 0.5) is 5.69 Å². The van der Waals surface area contributed by atoms with E-state index in [9.17, 15) is 8.42 Å². The third-order valence-corrected chi connectivity index (χ3v) is 5.36. The van der Waals surface area contributed by atoms with Crippen molar-refractivity contribution < 1.29 is 13.2 Å². The standard InChI is InChI=1S/C16H16N2O3S/c1-11-3-5-14(10-15(11)17)22(19,20)18-8-7-12-9-13(21-2)4-6-16(12)18/h3-10H,17H2,1-2H3. The number of rotatable bonds is 3. The van der Waals surface area contributed by atoms with E-state index < -0.39 is 10.0 Å². The van der Waals surface area contributed by atoms with Gasteiger partial charge in [0.1, 0.15) is 5.75 Å². The fourth-order valence-corrected chi connectivity index (χ4v) is 3.71. The molecule has 0 aliphatic heterocycles. The van der Waals surface area contributed by atoms with Crippen LogP contribution < -0.4 is 10.5 Å². The molecule has 5 nitrogen and oxygen atoms in total. The Morgan fingerprint density at radius 2 is 1.86 bits per heavy atom. The number of nitrogen functional groups attached to an aromatic ring is 1. The number of hydrogen-bond donors (Lipinski definition) is 1. The van der Waals surface area contributed by atoms with Gasteiger partial charge in [0.25, 0.3) is 10.0 Å². The molecule has 0 bridgehead atoms. The average Bonchev–Trinajstić information content (AvgIpc) is 2.93. The summed E-state index contributed by atoms with van der Waals surface area (Å²) in [6.45, 7) is 1.84. The van der Waals surface area contributed by atoms with Crippen LogP contribution in [-0.4, -0.2) is 19.5 Å². The lowest BCUT2D eigenvalue weighted by Crippen LogP contribution is -2.12. The normalized spacial score (nSPS) is 11.7. The minimum atomic E-state index is -3.69. The van der Waals surface area contributed by atoms with Crippen LogP contribution >= 0.6 is 0 Å². The summed E-state index contributed by atoms with van der Waals surface area (Å²) in [6, 6.07) is 11.8. The number of fused-ring (bicyclic) bond motifs is 1. The molecule has 0 aliphatic rings. The van der Waals surface area contributed by atoms with Crippen LogP contribution in [0.5, 0.6) is 5.75 Å². The molecule has 114 valence electrons. The van der Waals surface area contributed by atoms with Gasteiger partial charge in [-0.15, -0.1) is 0 Å². The lowest BCUT2D eigenvalue weighted by atomic mass is 10.2. The highest BCUT2D eigenvalue weighted by Gasteiger charge is 2.19. The predicted octanol–water partition coefficient (Wildman–Crippen LogP) is 2.78. The Balaban J connectivity index is 2.18. The minimum absolute atomic E-state index is 0.170. The quantitative estimate of drug-likeness (QED) is 0.754. The van der Waals surface area contributed by atoms with Crippen molar-refractivity contribution in [3.05, 3.63) is 54.2 Å². The van der Waals surface area contributed by atoms with Gasteiger partial charge in [-0.3, -0.25) is 0 Å². The molecule has 22 heavy (non-hydrogen) atoms. The van der Waals surface area contributed by atoms with Crippen molar-refractivity contribution in [2.45, 2.75) is 11.8 Å². The zero-order valence-corrected chi connectivity index (χ0v) is 13.1. The van der Waals surface area contributed by atoms with Crippen molar-refractivity contribution in [1.82, 2.24) is 3.97 Å². The summed E-state index contributed by atoms with van der Waals surface area (Å²) >= 11 is 0. The molecule has 0 amide bonds. The van der Waals surface area contributed by atoms with Crippen molar-refractivity contribution >= 4 is 26.6 Å². The van der Waals surface area contributed by atoms with Crippen molar-refractivity contribution in [1.29, 1.82) is 0 Å². The molecule has 1 aromatic heterocycles. The lowest BCUT2D eigenvalue weighted by Gasteiger charge is -2.09. The maximum atomic E-state index is 12.8. The summed E-state index contributed by atoms with van der Waals surface area (Å²) in [5.41, 5.74) is 7.73. The molecule has 2 N–H and O–H groups in total. The first kappa shape index (κ1) is 14.5. The molecule has 0 radical (unpaired) electrons. The average molecular weight is 316 g/mol. The monoisotopic (exact) mass is 316 g/mol. The highest BCUT2D eigenvalue weighted by Crippen LogP contribution is 2.26. The Bertz CT molecular complexity index is 959. The van der Waals surface area contributed by atoms with E-state index in [0.29, 0.717) is 17.0 Å². The van der Waals surface area contributed by atoms with E-state index in [1.807, 2.05) is 6.92 Å². The van der Waals surface area contributed by atoms with Gasteiger partial charge in [-0.2, -0.15) is 0 Å². The largest absolute Gasteiger partial charge is 0.497 e. The molecular formula is C16H16N2O3S. The van der Waals surface area contributed by atoms with Crippen LogP contribution in [0.3, 0.4) is 0 Å². The molecular weight excluding hydrogens is 300 g/mol. The molecule has 3 rings (SSSR count). The molecule has 0 saturated heterocycles. The predicted molar refractivity (Wildman–Crippen MR) is 86.7 cm³/mol. The molecule has 0 fully saturated rings. The molecule has 0 saturated carbocycles. The number of anilines is 1. The van der Waals surface area contributed by atoms with Gasteiger partial charge in [-0.25, -0.2) is 12.4 Å². The molecule has 6 heteroatoms. The molecule has 0 unspecified atom stereocenters. The Labute approximate surface area is 129 Å². The molecule has 3 aromatic rings. The summed E-state index contributed by atoms with van der Waals surface area (Å²) < 4.78 is 32.0. The Kier molecular flexibility index (Phi) is 3.33. The third-order valence-electron chi connectivity index (χ3n) is 3.67. The number of benzene rings is 2. The van der Waals surface area contributed by atoms with E-state index in [4.69, 9.17) is 10.5 Å². The number of nitrogens with two attached hydrogens (primary N) is 1. The maximum Gasteiger partial charge on any atom is 0.268 e. The van der Waals surface area contributed by atoms with E-state index in [0.717, 1.165) is 10.9 Å². The second kappa shape index (κ2) is 5.06. The maximum absolute atomic E-state index is 12.8. The summed E-state index contributed by atoms with van der Waals surface area (Å²) in [5, 5.41) is 0.794. The summed E-state index contributed by atoms with van der Waals surface area (Å²) in [4.78, 5) is 0.170. The van der Waals surface area contributed by atoms with Crippen molar-refractivity contribution in [2.75, 3.05) is 12.8 Å². The van der Waals surface area contributed by atoms with Gasteiger partial charge in [-0.05, 0) is 48.9 Å². The number of aromatic nitrogens is 1. The van der Waals surface area contributed by atoms with Crippen LogP contribution in [0.2, 0.25) is 0 Å². The van der Waals surface area contributed by atoms with Crippen molar-refractivity contribution in [3.8, 4) is 5.75 Å². The van der Waals surface area contributed by atoms with Crippen molar-refractivity contribution in [2.24, 2.45) is 0 Å². The van der Waals surface area contributed by atoms with Crippen LogP contribution in [-0.2, 0) is 10.0 Å². The van der Waals surface area contributed by atoms with Gasteiger partial charge in [0.15, 0.2) is 0 Å². The number of hydrogen-bond acceptors (Lipinski definition) is 4. The lowest BCUT2D eigenvalue weighted by molar-refractivity contribution is 0.415. The molecule has 0 spiro atoms. The van der Waals surface area contributed by atoms with Gasteiger partial charge in [0.2, 0.25) is 0 Å². The molecule has 0 aliphatic carbocycles. The van der Waals surface area contributed by atoms with E-state index >= 15 is 0 Å². The van der Waals surface area contributed by atoms with E-state index in [1.165, 1.54) is 16.2 Å². The smallest absolute Gasteiger partial charge is 0.268 e. The van der Waals surface area contributed by atoms with Crippen LogP contribution in [0.25, 0.3) is 10.9 Å². The summed E-state index contributed by atoms with van der Waals surface area (Å²) in [5.74, 6) is 0.683. The van der Waals surface area contributed by atoms with Crippen LogP contribution in [0.1, 0.15) is 5.56 Å². The Morgan fingerprint density at radius 1 is 1.09 bits per heavy atom. The number of aryl methyl sites for hydroxylation is 1. The van der Waals surface area contributed by atoms with E-state index in [-0.39, 0.29) is 4.90 Å². The highest BCUT2D eigenvalue weighted by atomic mass is 32.2. The Morgan fingerprint density at radius 3 is 2.55 bits per heavy atom. The fourth-order valence-electron chi connectivity index (χ4n) is 2.32. The van der Waals surface area contributed by atoms with Crippen LogP contribution in [0.15, 0.2) is 53.6 Å². The Hall–Kier alpha value is -2.47. The second-order valence-electron chi connectivity index (χ2n) is 5.06. The number of ether oxygens (including phenoxy) is 1. The van der Waals surface area contributed by atoms with Gasteiger partial charge >= 0.3 is 0 Å². The molecule has 1 heterocycles. The molecule has 2 aromatic carbocycles. The SMILES string of the molecule is COc1ccc2c(ccn2S(=O)(=O)c2ccc(C)c(N)c2)c1. The second-order valence-corrected chi connectivity index (χ2v) is 6.87. The number of nitrogens with zero attached hydrogens (tertiary/aromatic N) is 1. The van der Waals surface area contributed by atoms with Gasteiger partial charge in [-0.1, -0.05) is 6.07 Å². The highest BCUT2D eigenvalue weighted by molar-refractivity contribution is 7.90. The first-order valence-electron chi connectivity index (χ1n) is 6.70. The molecule has 0 atom stereocenters. The zero-order valence-electron chi connectivity index (χ0n) is 12.3. The first-order chi connectivity index (χ1) is 10.4. The van der Waals surface area contributed by atoms with Gasteiger partial charge in [0, 0.05) is 17.3 Å². The first-order valence-corrected chi connectivity index (χ1v) is 8.14. The van der Waals surface area contributed by atoms with Gasteiger partial charge in [0.05, 0.1) is 17.5 Å². The van der Waals surface area contributed by atoms with Gasteiger partial charge < -0.3 is 10.5 Å². The summed E-state index contributed by atoms with van der Waals surface area (Å²) in [6.07, 6.45) is 1.54. The fraction of sp³-hybridized carbons (Fsp3) is 0.125. The van der Waals surface area contributed by atoms with Crippen molar-refractivity contribution in [3.63, 3.8) is 0 Å². The minimum Gasteiger partial charge on any atom is -0.497 e. The zero-order chi connectivity index (χ0) is 15.9. The third kappa shape index (κ3) is 2.21. The van der Waals surface area contributed by atoms with E-state index in [2.05, 4.69) is 0 Å². The van der Waals surface area contributed by atoms with Crippen LogP contribution in [0, 0.1) is 6.92 Å². The topological polar surface area (TPSA) is 74.3 Å². The summed E-state index contributed by atoms with van der Waals surface area (Å²) in [7, 11) is -2.11. The number of methoxy groups -OCH3 is 1.